The molecule has 1 heterocycles. The highest BCUT2D eigenvalue weighted by atomic mass is 35.5. The summed E-state index contributed by atoms with van der Waals surface area (Å²) in [6.45, 7) is 6.70. The molecular weight excluding hydrogens is 218 g/mol. The molecule has 1 amide bonds. The Morgan fingerprint density at radius 1 is 1.64 bits per heavy atom. The van der Waals surface area contributed by atoms with Crippen LogP contribution in [-0.2, 0) is 0 Å². The minimum absolute atomic E-state index is 0.0678. The van der Waals surface area contributed by atoms with Crippen molar-refractivity contribution in [1.82, 2.24) is 5.32 Å². The van der Waals surface area contributed by atoms with Crippen LogP contribution in [0, 0.1) is 12.8 Å². The number of hydrogen-bond donors (Lipinski definition) is 1. The molecule has 0 spiro atoms. The number of carbonyl (C=O) groups is 1. The molecule has 14 heavy (non-hydrogen) atoms. The fraction of sp³-hybridized carbons (Fsp3) is 0.500. The SMILES string of the molecule is Cc1csc(C(=O)NCC(C)C)c1Cl. The lowest BCUT2D eigenvalue weighted by Gasteiger charge is -2.06. The molecule has 0 fully saturated rings. The molecule has 4 heteroatoms. The van der Waals surface area contributed by atoms with Gasteiger partial charge in [-0.2, -0.15) is 0 Å². The zero-order valence-electron chi connectivity index (χ0n) is 8.56. The molecule has 0 saturated carbocycles. The van der Waals surface area contributed by atoms with Crippen LogP contribution in [0.3, 0.4) is 0 Å². The van der Waals surface area contributed by atoms with Crippen molar-refractivity contribution in [3.63, 3.8) is 0 Å². The molecule has 0 aliphatic rings. The van der Waals surface area contributed by atoms with Gasteiger partial charge in [0.1, 0.15) is 4.88 Å². The summed E-state index contributed by atoms with van der Waals surface area (Å²) in [6.07, 6.45) is 0. The highest BCUT2D eigenvalue weighted by Crippen LogP contribution is 2.26. The molecule has 0 radical (unpaired) electrons. The molecule has 0 unspecified atom stereocenters. The van der Waals surface area contributed by atoms with Crippen molar-refractivity contribution in [3.8, 4) is 0 Å². The van der Waals surface area contributed by atoms with E-state index >= 15 is 0 Å². The molecule has 78 valence electrons. The Morgan fingerprint density at radius 2 is 2.29 bits per heavy atom. The Labute approximate surface area is 93.3 Å². The van der Waals surface area contributed by atoms with Gasteiger partial charge in [0.2, 0.25) is 0 Å². The summed E-state index contributed by atoms with van der Waals surface area (Å²) in [6, 6.07) is 0. The lowest BCUT2D eigenvalue weighted by atomic mass is 10.2. The van der Waals surface area contributed by atoms with E-state index in [0.29, 0.717) is 22.4 Å². The first-order valence-electron chi connectivity index (χ1n) is 4.54. The van der Waals surface area contributed by atoms with Crippen LogP contribution in [0.1, 0.15) is 29.1 Å². The summed E-state index contributed by atoms with van der Waals surface area (Å²) in [5.41, 5.74) is 0.964. The molecule has 0 aliphatic carbocycles. The number of carbonyl (C=O) groups excluding carboxylic acids is 1. The summed E-state index contributed by atoms with van der Waals surface area (Å²) < 4.78 is 0. The summed E-state index contributed by atoms with van der Waals surface area (Å²) in [7, 11) is 0. The normalized spacial score (nSPS) is 10.6. The van der Waals surface area contributed by atoms with E-state index in [2.05, 4.69) is 19.2 Å². The minimum Gasteiger partial charge on any atom is -0.351 e. The summed E-state index contributed by atoms with van der Waals surface area (Å²) >= 11 is 7.36. The molecule has 0 saturated heterocycles. The smallest absolute Gasteiger partial charge is 0.262 e. The number of hydrogen-bond acceptors (Lipinski definition) is 2. The molecule has 1 rings (SSSR count). The van der Waals surface area contributed by atoms with Gasteiger partial charge in [-0.1, -0.05) is 25.4 Å². The average Bonchev–Trinajstić information content (AvgIpc) is 2.44. The maximum absolute atomic E-state index is 11.6. The second kappa shape index (κ2) is 4.80. The maximum atomic E-state index is 11.6. The van der Waals surface area contributed by atoms with Crippen LogP contribution in [0.15, 0.2) is 5.38 Å². The molecular formula is C10H14ClNOS. The van der Waals surface area contributed by atoms with Gasteiger partial charge in [0, 0.05) is 6.54 Å². The van der Waals surface area contributed by atoms with Crippen LogP contribution < -0.4 is 5.32 Å². The zero-order chi connectivity index (χ0) is 10.7. The van der Waals surface area contributed by atoms with E-state index in [1.165, 1.54) is 11.3 Å². The first-order valence-corrected chi connectivity index (χ1v) is 5.80. The number of thiophene rings is 1. The quantitative estimate of drug-likeness (QED) is 0.851. The molecule has 0 atom stereocenters. The van der Waals surface area contributed by atoms with Gasteiger partial charge in [0.05, 0.1) is 5.02 Å². The molecule has 0 aliphatic heterocycles. The van der Waals surface area contributed by atoms with Crippen molar-refractivity contribution in [2.24, 2.45) is 5.92 Å². The molecule has 2 nitrogen and oxygen atoms in total. The molecule has 0 bridgehead atoms. The van der Waals surface area contributed by atoms with E-state index in [9.17, 15) is 4.79 Å². The molecule has 1 N–H and O–H groups in total. The van der Waals surface area contributed by atoms with E-state index in [0.717, 1.165) is 5.56 Å². The van der Waals surface area contributed by atoms with Crippen molar-refractivity contribution >= 4 is 28.8 Å². The van der Waals surface area contributed by atoms with Gasteiger partial charge < -0.3 is 5.32 Å². The number of aryl methyl sites for hydroxylation is 1. The van der Waals surface area contributed by atoms with Gasteiger partial charge in [0.25, 0.3) is 5.91 Å². The first kappa shape index (κ1) is 11.5. The number of rotatable bonds is 3. The first-order chi connectivity index (χ1) is 6.52. The summed E-state index contributed by atoms with van der Waals surface area (Å²) in [5.74, 6) is 0.389. The van der Waals surface area contributed by atoms with Gasteiger partial charge in [-0.15, -0.1) is 11.3 Å². The van der Waals surface area contributed by atoms with Crippen LogP contribution in [0.4, 0.5) is 0 Å². The van der Waals surface area contributed by atoms with Crippen molar-refractivity contribution in [2.45, 2.75) is 20.8 Å². The van der Waals surface area contributed by atoms with Crippen molar-refractivity contribution < 1.29 is 4.79 Å². The van der Waals surface area contributed by atoms with Crippen molar-refractivity contribution in [3.05, 3.63) is 20.8 Å². The minimum atomic E-state index is -0.0678. The second-order valence-electron chi connectivity index (χ2n) is 3.67. The largest absolute Gasteiger partial charge is 0.351 e. The summed E-state index contributed by atoms with van der Waals surface area (Å²) in [4.78, 5) is 12.2. The number of amides is 1. The Kier molecular flexibility index (Phi) is 3.96. The van der Waals surface area contributed by atoms with Crippen LogP contribution >= 0.6 is 22.9 Å². The lowest BCUT2D eigenvalue weighted by molar-refractivity contribution is 0.0953. The highest BCUT2D eigenvalue weighted by molar-refractivity contribution is 7.13. The predicted octanol–water partition coefficient (Wildman–Crippen LogP) is 3.10. The van der Waals surface area contributed by atoms with Crippen molar-refractivity contribution in [1.29, 1.82) is 0 Å². The third kappa shape index (κ3) is 2.72. The molecule has 1 aromatic heterocycles. The van der Waals surface area contributed by atoms with Gasteiger partial charge >= 0.3 is 0 Å². The Bertz CT molecular complexity index is 333. The van der Waals surface area contributed by atoms with E-state index in [1.807, 2.05) is 12.3 Å². The fourth-order valence-electron chi connectivity index (χ4n) is 0.960. The van der Waals surface area contributed by atoms with E-state index in [4.69, 9.17) is 11.6 Å². The third-order valence-corrected chi connectivity index (χ3v) is 3.47. The molecule has 0 aromatic carbocycles. The fourth-order valence-corrected chi connectivity index (χ4v) is 2.16. The van der Waals surface area contributed by atoms with E-state index in [-0.39, 0.29) is 5.91 Å². The van der Waals surface area contributed by atoms with E-state index < -0.39 is 0 Å². The van der Waals surface area contributed by atoms with Crippen LogP contribution in [0.2, 0.25) is 5.02 Å². The Morgan fingerprint density at radius 3 is 2.71 bits per heavy atom. The van der Waals surface area contributed by atoms with E-state index in [1.54, 1.807) is 0 Å². The Balaban J connectivity index is 2.66. The van der Waals surface area contributed by atoms with Gasteiger partial charge in [0.15, 0.2) is 0 Å². The second-order valence-corrected chi connectivity index (χ2v) is 4.92. The standard InChI is InChI=1S/C10H14ClNOS/c1-6(2)4-12-10(13)9-8(11)7(3)5-14-9/h5-6H,4H2,1-3H3,(H,12,13). The topological polar surface area (TPSA) is 29.1 Å². The monoisotopic (exact) mass is 231 g/mol. The third-order valence-electron chi connectivity index (χ3n) is 1.78. The molecule has 1 aromatic rings. The number of nitrogens with one attached hydrogen (secondary N) is 1. The van der Waals surface area contributed by atoms with Crippen molar-refractivity contribution in [2.75, 3.05) is 6.54 Å². The van der Waals surface area contributed by atoms with Gasteiger partial charge in [-0.05, 0) is 23.8 Å². The highest BCUT2D eigenvalue weighted by Gasteiger charge is 2.14. The zero-order valence-corrected chi connectivity index (χ0v) is 10.1. The predicted molar refractivity (Wildman–Crippen MR) is 61.2 cm³/mol. The van der Waals surface area contributed by atoms with Crippen LogP contribution in [0.5, 0.6) is 0 Å². The Hall–Kier alpha value is -0.540. The summed E-state index contributed by atoms with van der Waals surface area (Å²) in [5, 5.41) is 5.31. The van der Waals surface area contributed by atoms with Gasteiger partial charge in [-0.25, -0.2) is 0 Å². The van der Waals surface area contributed by atoms with Crippen LogP contribution in [-0.4, -0.2) is 12.5 Å². The van der Waals surface area contributed by atoms with Gasteiger partial charge in [-0.3, -0.25) is 4.79 Å². The maximum Gasteiger partial charge on any atom is 0.262 e. The number of halogens is 1. The average molecular weight is 232 g/mol. The van der Waals surface area contributed by atoms with Crippen LogP contribution in [0.25, 0.3) is 0 Å². The lowest BCUT2D eigenvalue weighted by Crippen LogP contribution is -2.26.